The number of nitrogens with zero attached hydrogens (tertiary/aromatic N) is 2. The van der Waals surface area contributed by atoms with Crippen molar-refractivity contribution in [3.8, 4) is 0 Å². The van der Waals surface area contributed by atoms with Crippen LogP contribution in [0.4, 0.5) is 9.93 Å². The first-order valence-electron chi connectivity index (χ1n) is 8.76. The molecule has 1 aliphatic rings. The smallest absolute Gasteiger partial charge is 0.413 e. The molecule has 1 amide bonds. The number of nitrogens with one attached hydrogen (secondary N) is 1. The van der Waals surface area contributed by atoms with Crippen molar-refractivity contribution in [3.05, 3.63) is 41.6 Å². The van der Waals surface area contributed by atoms with Crippen LogP contribution in [-0.4, -0.2) is 44.0 Å². The Kier molecular flexibility index (Phi) is 6.13. The molecule has 1 N–H and O–H groups in total. The van der Waals surface area contributed by atoms with Crippen LogP contribution in [0.3, 0.4) is 0 Å². The fraction of sp³-hybridized carbons (Fsp3) is 0.444. The van der Waals surface area contributed by atoms with Crippen molar-refractivity contribution in [2.24, 2.45) is 5.92 Å². The molecular formula is C18H23N3O4S2. The van der Waals surface area contributed by atoms with E-state index in [1.807, 2.05) is 18.2 Å². The van der Waals surface area contributed by atoms with Crippen LogP contribution in [0.5, 0.6) is 0 Å². The van der Waals surface area contributed by atoms with Crippen LogP contribution in [0, 0.1) is 12.8 Å². The van der Waals surface area contributed by atoms with Gasteiger partial charge in [-0.1, -0.05) is 41.7 Å². The number of anilines is 1. The van der Waals surface area contributed by atoms with Crippen molar-refractivity contribution in [1.82, 2.24) is 9.29 Å². The van der Waals surface area contributed by atoms with E-state index in [4.69, 9.17) is 0 Å². The Morgan fingerprint density at radius 1 is 1.30 bits per heavy atom. The van der Waals surface area contributed by atoms with Crippen molar-refractivity contribution in [2.45, 2.75) is 30.4 Å². The predicted octanol–water partition coefficient (Wildman–Crippen LogP) is 3.27. The lowest BCUT2D eigenvalue weighted by atomic mass is 9.91. The maximum atomic E-state index is 13.0. The van der Waals surface area contributed by atoms with Gasteiger partial charge in [0.25, 0.3) is 10.0 Å². The van der Waals surface area contributed by atoms with Crippen molar-refractivity contribution in [1.29, 1.82) is 0 Å². The molecular weight excluding hydrogens is 386 g/mol. The van der Waals surface area contributed by atoms with Crippen LogP contribution in [0.2, 0.25) is 0 Å². The summed E-state index contributed by atoms with van der Waals surface area (Å²) in [5, 5.41) is 2.64. The van der Waals surface area contributed by atoms with Crippen LogP contribution < -0.4 is 5.32 Å². The largest absolute Gasteiger partial charge is 0.453 e. The second kappa shape index (κ2) is 8.37. The average molecular weight is 410 g/mol. The van der Waals surface area contributed by atoms with E-state index in [9.17, 15) is 13.2 Å². The monoisotopic (exact) mass is 409 g/mol. The molecule has 7 nitrogen and oxygen atoms in total. The summed E-state index contributed by atoms with van der Waals surface area (Å²) in [6.45, 7) is 2.63. The molecule has 0 bridgehead atoms. The van der Waals surface area contributed by atoms with Crippen LogP contribution in [-0.2, 0) is 21.2 Å². The first-order chi connectivity index (χ1) is 12.9. The molecule has 0 atom stereocenters. The van der Waals surface area contributed by atoms with E-state index in [1.54, 1.807) is 6.92 Å². The summed E-state index contributed by atoms with van der Waals surface area (Å²) in [5.41, 5.74) is 1.67. The maximum Gasteiger partial charge on any atom is 0.413 e. The number of aromatic nitrogens is 1. The second-order valence-corrected chi connectivity index (χ2v) is 9.68. The van der Waals surface area contributed by atoms with Crippen molar-refractivity contribution in [3.63, 3.8) is 0 Å². The third kappa shape index (κ3) is 4.66. The number of amides is 1. The summed E-state index contributed by atoms with van der Waals surface area (Å²) in [7, 11) is -2.37. The predicted molar refractivity (Wildman–Crippen MR) is 105 cm³/mol. The Bertz CT molecular complexity index is 889. The van der Waals surface area contributed by atoms with Gasteiger partial charge in [0.2, 0.25) is 0 Å². The number of methoxy groups -OCH3 is 1. The van der Waals surface area contributed by atoms with Gasteiger partial charge in [0.15, 0.2) is 9.34 Å². The van der Waals surface area contributed by atoms with E-state index in [-0.39, 0.29) is 9.34 Å². The first kappa shape index (κ1) is 19.8. The molecule has 2 heterocycles. The van der Waals surface area contributed by atoms with Crippen LogP contribution >= 0.6 is 11.3 Å². The van der Waals surface area contributed by atoms with E-state index in [2.05, 4.69) is 27.2 Å². The van der Waals surface area contributed by atoms with Gasteiger partial charge in [-0.2, -0.15) is 4.31 Å². The number of aryl methyl sites for hydroxylation is 1. The van der Waals surface area contributed by atoms with Crippen LogP contribution in [0.1, 0.15) is 24.1 Å². The molecule has 1 saturated heterocycles. The minimum Gasteiger partial charge on any atom is -0.453 e. The lowest BCUT2D eigenvalue weighted by Crippen LogP contribution is -2.38. The Labute approximate surface area is 163 Å². The number of piperidine rings is 1. The summed E-state index contributed by atoms with van der Waals surface area (Å²) in [6, 6.07) is 10.3. The van der Waals surface area contributed by atoms with Gasteiger partial charge in [-0.15, -0.1) is 0 Å². The van der Waals surface area contributed by atoms with Gasteiger partial charge in [0.05, 0.1) is 12.8 Å². The molecule has 1 aliphatic heterocycles. The highest BCUT2D eigenvalue weighted by Crippen LogP contribution is 2.32. The summed E-state index contributed by atoms with van der Waals surface area (Å²) < 4.78 is 32.2. The fourth-order valence-electron chi connectivity index (χ4n) is 3.23. The quantitative estimate of drug-likeness (QED) is 0.819. The molecule has 0 spiro atoms. The molecule has 1 aromatic heterocycles. The van der Waals surface area contributed by atoms with E-state index in [0.717, 1.165) is 30.6 Å². The van der Waals surface area contributed by atoms with Crippen molar-refractivity contribution < 1.29 is 17.9 Å². The summed E-state index contributed by atoms with van der Waals surface area (Å²) in [5.74, 6) is 0.484. The topological polar surface area (TPSA) is 88.6 Å². The van der Waals surface area contributed by atoms with Crippen LogP contribution in [0.25, 0.3) is 0 Å². The third-order valence-corrected chi connectivity index (χ3v) is 8.22. The van der Waals surface area contributed by atoms with Gasteiger partial charge >= 0.3 is 6.09 Å². The van der Waals surface area contributed by atoms with Gasteiger partial charge < -0.3 is 4.74 Å². The zero-order valence-electron chi connectivity index (χ0n) is 15.3. The Morgan fingerprint density at radius 3 is 2.59 bits per heavy atom. The fourth-order valence-corrected chi connectivity index (χ4v) is 6.24. The Morgan fingerprint density at radius 2 is 1.96 bits per heavy atom. The highest BCUT2D eigenvalue weighted by Gasteiger charge is 2.32. The summed E-state index contributed by atoms with van der Waals surface area (Å²) in [6.07, 6.45) is 1.97. The molecule has 0 unspecified atom stereocenters. The lowest BCUT2D eigenvalue weighted by molar-refractivity contribution is 0.187. The van der Waals surface area contributed by atoms with E-state index in [0.29, 0.717) is 24.7 Å². The number of carbonyl (C=O) groups excluding carboxylic acids is 1. The number of carbonyl (C=O) groups is 1. The molecule has 2 aromatic rings. The van der Waals surface area contributed by atoms with Crippen molar-refractivity contribution >= 4 is 32.6 Å². The molecule has 1 fully saturated rings. The number of ether oxygens (including phenoxy) is 1. The van der Waals surface area contributed by atoms with E-state index in [1.165, 1.54) is 17.0 Å². The lowest BCUT2D eigenvalue weighted by Gasteiger charge is -2.31. The number of thiazole rings is 1. The number of hydrogen-bond acceptors (Lipinski definition) is 6. The van der Waals surface area contributed by atoms with E-state index < -0.39 is 16.1 Å². The number of rotatable bonds is 5. The highest BCUT2D eigenvalue weighted by molar-refractivity contribution is 7.91. The molecule has 1 aromatic carbocycles. The number of benzene rings is 1. The van der Waals surface area contributed by atoms with Gasteiger partial charge in [-0.25, -0.2) is 18.2 Å². The summed E-state index contributed by atoms with van der Waals surface area (Å²) in [4.78, 5) is 15.4. The molecule has 9 heteroatoms. The zero-order chi connectivity index (χ0) is 19.4. The molecule has 0 saturated carbocycles. The third-order valence-electron chi connectivity index (χ3n) is 4.66. The Hall–Kier alpha value is -1.97. The highest BCUT2D eigenvalue weighted by atomic mass is 32.2. The summed E-state index contributed by atoms with van der Waals surface area (Å²) >= 11 is 0.955. The molecule has 3 rings (SSSR count). The van der Waals surface area contributed by atoms with Gasteiger partial charge in [0.1, 0.15) is 0 Å². The SMILES string of the molecule is COC(=O)Nc1nc(C)c(S(=O)(=O)N2CCC(Cc3ccccc3)CC2)s1. The maximum absolute atomic E-state index is 13.0. The van der Waals surface area contributed by atoms with Gasteiger partial charge in [-0.3, -0.25) is 5.32 Å². The molecule has 0 radical (unpaired) electrons. The molecule has 146 valence electrons. The standard InChI is InChI=1S/C18H23N3O4S2/c1-13-16(26-17(19-13)20-18(22)25-2)27(23,24)21-10-8-15(9-11-21)12-14-6-4-3-5-7-14/h3-7,15H,8-12H2,1-2H3,(H,19,20,22). The molecule has 0 aliphatic carbocycles. The zero-order valence-corrected chi connectivity index (χ0v) is 17.0. The normalized spacial score (nSPS) is 16.2. The number of sulfonamides is 1. The van der Waals surface area contributed by atoms with Gasteiger partial charge in [-0.05, 0) is 37.7 Å². The Balaban J connectivity index is 1.65. The second-order valence-electron chi connectivity index (χ2n) is 6.55. The number of hydrogen-bond donors (Lipinski definition) is 1. The first-order valence-corrected chi connectivity index (χ1v) is 11.0. The van der Waals surface area contributed by atoms with Gasteiger partial charge in [0, 0.05) is 13.1 Å². The molecule has 27 heavy (non-hydrogen) atoms. The average Bonchev–Trinajstić information content (AvgIpc) is 3.04. The van der Waals surface area contributed by atoms with Crippen molar-refractivity contribution in [2.75, 3.05) is 25.5 Å². The minimum atomic E-state index is -3.61. The van der Waals surface area contributed by atoms with E-state index >= 15 is 0 Å². The van der Waals surface area contributed by atoms with Crippen LogP contribution in [0.15, 0.2) is 34.5 Å². The minimum absolute atomic E-state index is 0.176.